The molecule has 0 bridgehead atoms. The number of hydrogen-bond acceptors (Lipinski definition) is 5. The van der Waals surface area contributed by atoms with Gasteiger partial charge in [0.2, 0.25) is 11.8 Å². The van der Waals surface area contributed by atoms with Crippen LogP contribution in [-0.4, -0.2) is 62.9 Å². The number of aromatic nitrogens is 2. The molecule has 1 fully saturated rings. The second-order valence-corrected chi connectivity index (χ2v) is 7.24. The number of amides is 2. The van der Waals surface area contributed by atoms with Gasteiger partial charge in [-0.3, -0.25) is 19.2 Å². The molecule has 0 radical (unpaired) electrons. The number of β-amino-alcohol motifs (C(OH)–C–C–N with tert-alkyl or cyclic N) is 1. The van der Waals surface area contributed by atoms with Crippen molar-refractivity contribution in [3.8, 4) is 5.75 Å². The summed E-state index contributed by atoms with van der Waals surface area (Å²) >= 11 is 0. The van der Waals surface area contributed by atoms with Gasteiger partial charge in [0.25, 0.3) is 0 Å². The average molecular weight is 384 g/mol. The molecule has 28 heavy (non-hydrogen) atoms. The summed E-state index contributed by atoms with van der Waals surface area (Å²) in [5, 5.41) is 14.6. The highest BCUT2D eigenvalue weighted by Crippen LogP contribution is 2.33. The van der Waals surface area contributed by atoms with Gasteiger partial charge in [-0.1, -0.05) is 18.2 Å². The van der Waals surface area contributed by atoms with Crippen LogP contribution >= 0.6 is 0 Å². The molecule has 0 aliphatic carbocycles. The lowest BCUT2D eigenvalue weighted by atomic mass is 10.1. The fraction of sp³-hybridized carbons (Fsp3) is 0.450. The Morgan fingerprint density at radius 1 is 1.29 bits per heavy atom. The van der Waals surface area contributed by atoms with Crippen molar-refractivity contribution < 1.29 is 19.4 Å². The molecule has 2 amide bonds. The van der Waals surface area contributed by atoms with Gasteiger partial charge >= 0.3 is 0 Å². The van der Waals surface area contributed by atoms with E-state index < -0.39 is 18.2 Å². The van der Waals surface area contributed by atoms with E-state index in [4.69, 9.17) is 4.74 Å². The molecular formula is C20H24N4O4. The first-order valence-corrected chi connectivity index (χ1v) is 9.51. The van der Waals surface area contributed by atoms with E-state index in [1.807, 2.05) is 31.2 Å². The number of rotatable bonds is 4. The van der Waals surface area contributed by atoms with E-state index in [0.29, 0.717) is 12.2 Å². The van der Waals surface area contributed by atoms with E-state index in [2.05, 4.69) is 5.10 Å². The van der Waals surface area contributed by atoms with Crippen LogP contribution in [0.5, 0.6) is 5.75 Å². The summed E-state index contributed by atoms with van der Waals surface area (Å²) in [6, 6.07) is 6.99. The minimum atomic E-state index is -0.788. The summed E-state index contributed by atoms with van der Waals surface area (Å²) in [5.41, 5.74) is 1.77. The van der Waals surface area contributed by atoms with Gasteiger partial charge < -0.3 is 14.7 Å². The summed E-state index contributed by atoms with van der Waals surface area (Å²) in [7, 11) is 0. The van der Waals surface area contributed by atoms with E-state index in [1.54, 1.807) is 26.9 Å². The number of ether oxygens (including phenoxy) is 1. The molecule has 0 unspecified atom stereocenters. The summed E-state index contributed by atoms with van der Waals surface area (Å²) in [6.45, 7) is 4.63. The molecule has 0 saturated carbocycles. The quantitative estimate of drug-likeness (QED) is 0.844. The van der Waals surface area contributed by atoms with Crippen molar-refractivity contribution in [2.24, 2.45) is 0 Å². The number of aryl methyl sites for hydroxylation is 1. The number of hydrogen-bond donors (Lipinski definition) is 1. The van der Waals surface area contributed by atoms with Gasteiger partial charge in [-0.15, -0.1) is 0 Å². The Labute approximate surface area is 163 Å². The first-order chi connectivity index (χ1) is 13.5. The number of carbonyl (C=O) groups is 2. The molecule has 2 aliphatic rings. The van der Waals surface area contributed by atoms with Crippen LogP contribution in [-0.2, 0) is 22.6 Å². The average Bonchev–Trinajstić information content (AvgIpc) is 3.38. The standard InChI is InChI=1S/C20H24N4O4/c1-3-23-10-15(9-21-23)28-19-12-22(11-18(19)26)20(27)17-8-14-6-4-5-7-16(14)24(17)13(2)25/h4-7,9-10,17-19,26H,3,8,11-12H2,1-2H3/t17-,18+,19+/m0/s1. The molecule has 2 aromatic rings. The SMILES string of the molecule is CCn1cc(O[C@@H]2CN(C(=O)[C@@H]3Cc4ccccc4N3C(C)=O)C[C@H]2O)cn1. The maximum absolute atomic E-state index is 13.2. The molecule has 1 saturated heterocycles. The van der Waals surface area contributed by atoms with Crippen molar-refractivity contribution in [2.45, 2.75) is 45.1 Å². The Kier molecular flexibility index (Phi) is 4.80. The number of aliphatic hydroxyl groups excluding tert-OH is 1. The molecule has 4 rings (SSSR count). The van der Waals surface area contributed by atoms with Crippen molar-refractivity contribution in [1.82, 2.24) is 14.7 Å². The molecule has 1 N–H and O–H groups in total. The molecular weight excluding hydrogens is 360 g/mol. The topological polar surface area (TPSA) is 87.9 Å². The van der Waals surface area contributed by atoms with Gasteiger partial charge in [-0.05, 0) is 18.6 Å². The van der Waals surface area contributed by atoms with E-state index in [-0.39, 0.29) is 24.9 Å². The van der Waals surface area contributed by atoms with E-state index in [1.165, 1.54) is 6.92 Å². The fourth-order valence-corrected chi connectivity index (χ4v) is 3.99. The van der Waals surface area contributed by atoms with Gasteiger partial charge in [-0.2, -0.15) is 5.10 Å². The zero-order valence-corrected chi connectivity index (χ0v) is 16.0. The lowest BCUT2D eigenvalue weighted by molar-refractivity contribution is -0.133. The van der Waals surface area contributed by atoms with Crippen molar-refractivity contribution in [3.63, 3.8) is 0 Å². The van der Waals surface area contributed by atoms with Crippen molar-refractivity contribution in [1.29, 1.82) is 0 Å². The molecule has 3 atom stereocenters. The fourth-order valence-electron chi connectivity index (χ4n) is 3.99. The smallest absolute Gasteiger partial charge is 0.246 e. The maximum atomic E-state index is 13.2. The molecule has 0 spiro atoms. The van der Waals surface area contributed by atoms with Crippen LogP contribution in [0.25, 0.3) is 0 Å². The van der Waals surface area contributed by atoms with E-state index >= 15 is 0 Å². The normalized spacial score (nSPS) is 23.8. The molecule has 1 aromatic carbocycles. The Hall–Kier alpha value is -2.87. The number of carbonyl (C=O) groups excluding carboxylic acids is 2. The molecule has 8 heteroatoms. The van der Waals surface area contributed by atoms with Gasteiger partial charge in [0.05, 0.1) is 25.5 Å². The summed E-state index contributed by atoms with van der Waals surface area (Å²) in [6.07, 6.45) is 2.54. The van der Waals surface area contributed by atoms with Crippen LogP contribution < -0.4 is 9.64 Å². The number of nitrogens with zero attached hydrogens (tertiary/aromatic N) is 4. The number of fused-ring (bicyclic) bond motifs is 1. The molecule has 3 heterocycles. The first-order valence-electron chi connectivity index (χ1n) is 9.51. The summed E-state index contributed by atoms with van der Waals surface area (Å²) in [5.74, 6) is 0.238. The van der Waals surface area contributed by atoms with Crippen LogP contribution in [0.2, 0.25) is 0 Å². The minimum Gasteiger partial charge on any atom is -0.482 e. The Balaban J connectivity index is 1.47. The summed E-state index contributed by atoms with van der Waals surface area (Å²) in [4.78, 5) is 28.5. The molecule has 2 aliphatic heterocycles. The molecule has 8 nitrogen and oxygen atoms in total. The van der Waals surface area contributed by atoms with Crippen molar-refractivity contribution >= 4 is 17.5 Å². The minimum absolute atomic E-state index is 0.164. The van der Waals surface area contributed by atoms with Gasteiger partial charge in [0.1, 0.15) is 18.2 Å². The molecule has 148 valence electrons. The highest BCUT2D eigenvalue weighted by Gasteiger charge is 2.43. The Bertz CT molecular complexity index is 896. The lowest BCUT2D eigenvalue weighted by Gasteiger charge is -2.27. The third kappa shape index (κ3) is 3.24. The van der Waals surface area contributed by atoms with Crippen LogP contribution in [0.4, 0.5) is 5.69 Å². The first kappa shape index (κ1) is 18.5. The zero-order chi connectivity index (χ0) is 19.8. The second kappa shape index (κ2) is 7.27. The van der Waals surface area contributed by atoms with Crippen LogP contribution in [0.1, 0.15) is 19.4 Å². The highest BCUT2D eigenvalue weighted by molar-refractivity contribution is 6.02. The Morgan fingerprint density at radius 2 is 2.07 bits per heavy atom. The number of anilines is 1. The monoisotopic (exact) mass is 384 g/mol. The largest absolute Gasteiger partial charge is 0.482 e. The van der Waals surface area contributed by atoms with Gasteiger partial charge in [0.15, 0.2) is 5.75 Å². The van der Waals surface area contributed by atoms with Crippen molar-refractivity contribution in [2.75, 3.05) is 18.0 Å². The van der Waals surface area contributed by atoms with E-state index in [0.717, 1.165) is 17.8 Å². The predicted octanol–water partition coefficient (Wildman–Crippen LogP) is 0.831. The zero-order valence-electron chi connectivity index (χ0n) is 16.0. The van der Waals surface area contributed by atoms with Crippen LogP contribution in [0, 0.1) is 0 Å². The van der Waals surface area contributed by atoms with Crippen molar-refractivity contribution in [3.05, 3.63) is 42.2 Å². The number of para-hydroxylation sites is 1. The van der Waals surface area contributed by atoms with Gasteiger partial charge in [0, 0.05) is 25.6 Å². The van der Waals surface area contributed by atoms with Crippen LogP contribution in [0.3, 0.4) is 0 Å². The third-order valence-electron chi connectivity index (χ3n) is 5.37. The van der Waals surface area contributed by atoms with Gasteiger partial charge in [-0.25, -0.2) is 0 Å². The van der Waals surface area contributed by atoms with Crippen LogP contribution in [0.15, 0.2) is 36.7 Å². The second-order valence-electron chi connectivity index (χ2n) is 7.24. The third-order valence-corrected chi connectivity index (χ3v) is 5.37. The Morgan fingerprint density at radius 3 is 2.79 bits per heavy atom. The van der Waals surface area contributed by atoms with E-state index in [9.17, 15) is 14.7 Å². The highest BCUT2D eigenvalue weighted by atomic mass is 16.5. The number of aliphatic hydroxyl groups is 1. The molecule has 1 aromatic heterocycles. The predicted molar refractivity (Wildman–Crippen MR) is 102 cm³/mol. The lowest BCUT2D eigenvalue weighted by Crippen LogP contribution is -2.48. The maximum Gasteiger partial charge on any atom is 0.246 e. The number of benzene rings is 1. The number of likely N-dealkylation sites (tertiary alicyclic amines) is 1. The summed E-state index contributed by atoms with van der Waals surface area (Å²) < 4.78 is 7.58.